The van der Waals surface area contributed by atoms with Gasteiger partial charge in [0, 0.05) is 37.4 Å². The maximum Gasteiger partial charge on any atom is 0.275 e. The molecule has 1 aromatic carbocycles. The Balaban J connectivity index is 1.57. The molecule has 33 heavy (non-hydrogen) atoms. The lowest BCUT2D eigenvalue weighted by Gasteiger charge is -2.39. The summed E-state index contributed by atoms with van der Waals surface area (Å²) in [6, 6.07) is 5.82. The second-order valence-corrected chi connectivity index (χ2v) is 9.07. The van der Waals surface area contributed by atoms with Crippen molar-refractivity contribution in [2.75, 3.05) is 0 Å². The first kappa shape index (κ1) is 21.5. The van der Waals surface area contributed by atoms with Crippen molar-refractivity contribution in [1.82, 2.24) is 23.6 Å². The number of pyridine rings is 1. The fourth-order valence-electron chi connectivity index (χ4n) is 4.82. The minimum atomic E-state index is -0.482. The topological polar surface area (TPSA) is 65.1 Å². The van der Waals surface area contributed by atoms with Crippen molar-refractivity contribution in [2.45, 2.75) is 39.4 Å². The number of carbonyl (C=O) groups is 1. The fourth-order valence-corrected chi connectivity index (χ4v) is 4.98. The molecular weight excluding hydrogens is 445 g/mol. The monoisotopic (exact) mass is 467 g/mol. The molecule has 170 valence electrons. The van der Waals surface area contributed by atoms with E-state index in [2.05, 4.69) is 4.98 Å². The van der Waals surface area contributed by atoms with Crippen LogP contribution in [0, 0.1) is 12.7 Å². The lowest BCUT2D eigenvalue weighted by Crippen LogP contribution is -2.50. The summed E-state index contributed by atoms with van der Waals surface area (Å²) in [4.78, 5) is 32.7. The van der Waals surface area contributed by atoms with Gasteiger partial charge in [0.1, 0.15) is 17.2 Å². The summed E-state index contributed by atoms with van der Waals surface area (Å²) in [6.07, 6.45) is 5.27. The highest BCUT2D eigenvalue weighted by Crippen LogP contribution is 2.35. The summed E-state index contributed by atoms with van der Waals surface area (Å²) >= 11 is 6.06. The summed E-state index contributed by atoms with van der Waals surface area (Å²) < 4.78 is 19.1. The Morgan fingerprint density at radius 3 is 2.67 bits per heavy atom. The molecule has 4 aromatic rings. The largest absolute Gasteiger partial charge is 0.350 e. The van der Waals surface area contributed by atoms with Crippen molar-refractivity contribution in [3.8, 4) is 5.69 Å². The molecule has 0 radical (unpaired) electrons. The number of hydrogen-bond acceptors (Lipinski definition) is 3. The second-order valence-electron chi connectivity index (χ2n) is 8.66. The van der Waals surface area contributed by atoms with Crippen molar-refractivity contribution >= 4 is 28.4 Å². The number of aryl methyl sites for hydroxylation is 2. The van der Waals surface area contributed by atoms with E-state index in [4.69, 9.17) is 11.6 Å². The van der Waals surface area contributed by atoms with Crippen LogP contribution in [0.5, 0.6) is 0 Å². The average Bonchev–Trinajstić information content (AvgIpc) is 3.33. The van der Waals surface area contributed by atoms with Gasteiger partial charge >= 0.3 is 0 Å². The summed E-state index contributed by atoms with van der Waals surface area (Å²) in [5.41, 5.74) is 2.94. The average molecular weight is 468 g/mol. The zero-order valence-corrected chi connectivity index (χ0v) is 19.5. The molecule has 0 saturated carbocycles. The number of imidazole rings is 1. The predicted octanol–water partition coefficient (Wildman–Crippen LogP) is 4.23. The van der Waals surface area contributed by atoms with E-state index >= 15 is 0 Å². The third-order valence-electron chi connectivity index (χ3n) is 6.45. The number of benzene rings is 1. The lowest BCUT2D eigenvalue weighted by atomic mass is 10.0. The first-order valence-electron chi connectivity index (χ1n) is 10.7. The normalized spacial score (nSPS) is 17.0. The maximum atomic E-state index is 14.0. The highest BCUT2D eigenvalue weighted by molar-refractivity contribution is 6.31. The first-order chi connectivity index (χ1) is 15.7. The van der Waals surface area contributed by atoms with E-state index in [0.717, 1.165) is 16.6 Å². The summed E-state index contributed by atoms with van der Waals surface area (Å²) in [5, 5.41) is 0.838. The van der Waals surface area contributed by atoms with Gasteiger partial charge in [-0.05, 0) is 50.6 Å². The van der Waals surface area contributed by atoms with Crippen LogP contribution in [0.2, 0.25) is 5.02 Å². The Hall–Kier alpha value is -3.39. The molecule has 3 aromatic heterocycles. The molecule has 0 fully saturated rings. The summed E-state index contributed by atoms with van der Waals surface area (Å²) in [7, 11) is 1.83. The van der Waals surface area contributed by atoms with Crippen molar-refractivity contribution < 1.29 is 9.18 Å². The fraction of sp³-hybridized carbons (Fsp3) is 0.292. The van der Waals surface area contributed by atoms with E-state index < -0.39 is 5.82 Å². The van der Waals surface area contributed by atoms with Gasteiger partial charge < -0.3 is 18.6 Å². The van der Waals surface area contributed by atoms with Crippen molar-refractivity contribution in [3.05, 3.63) is 81.1 Å². The van der Waals surface area contributed by atoms with Gasteiger partial charge in [0.15, 0.2) is 0 Å². The number of carbonyl (C=O) groups excluding carboxylic acids is 1. The number of aromatic nitrogens is 4. The van der Waals surface area contributed by atoms with Crippen LogP contribution in [0.3, 0.4) is 0 Å². The minimum absolute atomic E-state index is 0.0411. The number of hydrogen-bond donors (Lipinski definition) is 0. The van der Waals surface area contributed by atoms with Gasteiger partial charge in [0.05, 0.1) is 28.6 Å². The smallest absolute Gasteiger partial charge is 0.275 e. The molecule has 1 amide bonds. The van der Waals surface area contributed by atoms with Gasteiger partial charge in [-0.25, -0.2) is 9.37 Å². The standard InChI is InChI=1S/C24H23ClFN5O2/c1-13-9-29(12-27-13)20-5-6-21-24(33)31(14(2)10-30(21)23(20)32)15(3)17-11-28(4)22-8-19(26)18(25)7-16(17)22/h5-9,11-12,14-15H,10H2,1-4H3. The molecule has 0 N–H and O–H groups in total. The molecule has 0 bridgehead atoms. The number of nitrogens with zero attached hydrogens (tertiary/aromatic N) is 5. The third kappa shape index (κ3) is 3.28. The van der Waals surface area contributed by atoms with E-state index in [1.54, 1.807) is 40.2 Å². The van der Waals surface area contributed by atoms with Crippen LogP contribution in [-0.2, 0) is 13.6 Å². The molecule has 2 atom stereocenters. The minimum Gasteiger partial charge on any atom is -0.350 e. The first-order valence-corrected chi connectivity index (χ1v) is 11.1. The zero-order chi connectivity index (χ0) is 23.6. The van der Waals surface area contributed by atoms with E-state index in [9.17, 15) is 14.0 Å². The summed E-state index contributed by atoms with van der Waals surface area (Å²) in [6.45, 7) is 6.09. The predicted molar refractivity (Wildman–Crippen MR) is 124 cm³/mol. The van der Waals surface area contributed by atoms with Crippen molar-refractivity contribution in [1.29, 1.82) is 0 Å². The molecular formula is C24H23ClFN5O2. The van der Waals surface area contributed by atoms with Gasteiger partial charge in [-0.15, -0.1) is 0 Å². The Labute approximate surface area is 194 Å². The molecule has 9 heteroatoms. The molecule has 4 heterocycles. The Kier molecular flexibility index (Phi) is 4.93. The van der Waals surface area contributed by atoms with Gasteiger partial charge in [-0.2, -0.15) is 0 Å². The van der Waals surface area contributed by atoms with Crippen LogP contribution in [0.25, 0.3) is 16.6 Å². The van der Waals surface area contributed by atoms with E-state index in [1.807, 2.05) is 38.6 Å². The van der Waals surface area contributed by atoms with E-state index in [0.29, 0.717) is 23.4 Å². The Morgan fingerprint density at radius 1 is 1.21 bits per heavy atom. The Morgan fingerprint density at radius 2 is 1.97 bits per heavy atom. The second kappa shape index (κ2) is 7.59. The molecule has 1 aliphatic heterocycles. The van der Waals surface area contributed by atoms with E-state index in [1.165, 1.54) is 10.6 Å². The number of amides is 1. The van der Waals surface area contributed by atoms with Crippen LogP contribution in [-0.4, -0.2) is 35.5 Å². The third-order valence-corrected chi connectivity index (χ3v) is 6.74. The lowest BCUT2D eigenvalue weighted by molar-refractivity contribution is 0.0512. The zero-order valence-electron chi connectivity index (χ0n) is 18.7. The molecule has 1 aliphatic rings. The van der Waals surface area contributed by atoms with Crippen molar-refractivity contribution in [2.24, 2.45) is 7.05 Å². The van der Waals surface area contributed by atoms with Gasteiger partial charge in [0.2, 0.25) is 0 Å². The molecule has 0 spiro atoms. The maximum absolute atomic E-state index is 14.0. The number of halogens is 2. The number of rotatable bonds is 3. The van der Waals surface area contributed by atoms with Crippen LogP contribution in [0.1, 0.15) is 41.6 Å². The van der Waals surface area contributed by atoms with Crippen LogP contribution in [0.4, 0.5) is 4.39 Å². The van der Waals surface area contributed by atoms with Crippen LogP contribution in [0.15, 0.2) is 47.8 Å². The van der Waals surface area contributed by atoms with Gasteiger partial charge in [-0.3, -0.25) is 9.59 Å². The highest BCUT2D eigenvalue weighted by Gasteiger charge is 2.35. The van der Waals surface area contributed by atoms with Gasteiger partial charge in [0.25, 0.3) is 11.5 Å². The van der Waals surface area contributed by atoms with Crippen LogP contribution < -0.4 is 5.56 Å². The molecule has 0 saturated heterocycles. The molecule has 0 aliphatic carbocycles. The van der Waals surface area contributed by atoms with Crippen LogP contribution >= 0.6 is 11.6 Å². The molecule has 5 rings (SSSR count). The van der Waals surface area contributed by atoms with Crippen molar-refractivity contribution in [3.63, 3.8) is 0 Å². The quantitative estimate of drug-likeness (QED) is 0.453. The number of fused-ring (bicyclic) bond motifs is 2. The van der Waals surface area contributed by atoms with E-state index in [-0.39, 0.29) is 28.6 Å². The molecule has 7 nitrogen and oxygen atoms in total. The summed E-state index contributed by atoms with van der Waals surface area (Å²) in [5.74, 6) is -0.707. The van der Waals surface area contributed by atoms with Gasteiger partial charge in [-0.1, -0.05) is 11.6 Å². The Bertz CT molecular complexity index is 1480. The SMILES string of the molecule is Cc1cn(-c2ccc3n(c2=O)CC(C)N(C(C)c2cn(C)c4cc(F)c(Cl)cc24)C3=O)cn1. The molecule has 2 unspecified atom stereocenters. The highest BCUT2D eigenvalue weighted by atomic mass is 35.5.